The number of rotatable bonds is 15. The van der Waals surface area contributed by atoms with Gasteiger partial charge in [0.15, 0.2) is 23.1 Å². The maximum Gasteiger partial charge on any atom is 0.263 e. The van der Waals surface area contributed by atoms with Crippen LogP contribution >= 0.6 is 138 Å². The summed E-state index contributed by atoms with van der Waals surface area (Å²) in [4.78, 5) is 130. The second kappa shape index (κ2) is 42.4. The Morgan fingerprint density at radius 1 is 0.304 bits per heavy atom. The highest BCUT2D eigenvalue weighted by Crippen LogP contribution is 2.46. The Morgan fingerprint density at radius 2 is 0.623 bits per heavy atom. The normalized spacial score (nSPS) is 11.1. The standard InChI is InChI=1S/C21H18N4OS.C17H16Cl2N4OS.C15H11Cl2N3OS.C14H9Cl2N3OS.C14H12FN5OS.C14H11FN4OS/c1-12(26)19-17(22)16-18(24-21(23-2)25-20(16)27-19)15-10-6-9-14(11-15)13-7-4-3-5-8-13;1-17(2,3)23-14(24)12-7-9-13(21-16(20)22-15(9)25-12)8-4-5-10(18)11(19)6-8;1-7(21)12-6-9-13(8-3-4-10(16)11(17)5-8)19-15(18-2)20-14(9)22-12;1-6(20)11-5-8-12(18-14(17)19-13(8)21-11)7-2-3-9(15)10(16)4-7;1-18-12(21)11-9(16)8-10(6-2-4-7(15)5-3-6)19-14(17)20-13(8)22-11;1-6(20)12-10(16)9-11(7-2-4-8(15)5-3-7)18-14(17)19-13(9)21-12/h3-11H,22H2,1-2H3,(H,23,24,25);4-7H,1-3H3,(H,23,24)(H2,20,21,22);3-6H,1-2H3,(H,18,19,20);2-5H,1H3,(H2,17,18,19);2-5H,16H2,1H3,(H,18,21)(H2,17,19,20);2-5H,16H2,1H3,(H2,17,18,19). The molecule has 12 aromatic heterocycles. The molecule has 0 spiro atoms. The summed E-state index contributed by atoms with van der Waals surface area (Å²) in [5.74, 6) is 0.0534. The molecular weight excluding hydrogens is 2000 g/mol. The van der Waals surface area contributed by atoms with E-state index in [2.05, 4.69) is 105 Å². The molecule has 0 aliphatic heterocycles. The average molecular weight is 2080 g/mol. The fourth-order valence-corrected chi connectivity index (χ4v) is 20.4. The number of anilines is 9. The van der Waals surface area contributed by atoms with Crippen LogP contribution in [-0.2, 0) is 0 Å². The highest BCUT2D eigenvalue weighted by molar-refractivity contribution is 7.23. The number of hydrogen-bond acceptors (Lipinski definition) is 33. The summed E-state index contributed by atoms with van der Waals surface area (Å²) >= 11 is 43.7. The number of hydrogen-bond donors (Lipinski definition) is 11. The maximum absolute atomic E-state index is 13.1. The average Bonchev–Trinajstić information content (AvgIpc) is 1.61. The number of nitrogens with one attached hydrogen (secondary N) is 4. The smallest absolute Gasteiger partial charge is 0.263 e. The lowest BCUT2D eigenvalue weighted by atomic mass is 10.0. The van der Waals surface area contributed by atoms with Crippen molar-refractivity contribution in [2.24, 2.45) is 0 Å². The first-order chi connectivity index (χ1) is 65.6. The van der Waals surface area contributed by atoms with E-state index in [-0.39, 0.29) is 75.9 Å². The van der Waals surface area contributed by atoms with Gasteiger partial charge in [0.2, 0.25) is 35.7 Å². The quantitative estimate of drug-likeness (QED) is 0.0425. The van der Waals surface area contributed by atoms with Crippen molar-refractivity contribution < 1.29 is 37.5 Å². The van der Waals surface area contributed by atoms with Crippen LogP contribution in [0.4, 0.5) is 61.5 Å². The van der Waals surface area contributed by atoms with Gasteiger partial charge in [-0.1, -0.05) is 136 Å². The zero-order chi connectivity index (χ0) is 99.3. The Labute approximate surface area is 839 Å². The SMILES string of the molecule is CC(=O)c1cc2c(-c3ccc(Cl)c(Cl)c3)nc(N)nc2s1.CC(=O)c1sc2nc(N)nc(-c3ccc(F)cc3)c2c1N.CC(C)(C)NC(=O)c1cc2c(-c3ccc(Cl)c(Cl)c3)nc(N)nc2s1.CNC(=O)c1sc2nc(N)nc(-c3ccc(F)cc3)c2c1N.CNc1nc(-c2ccc(Cl)c(Cl)c2)c2cc(C(C)=O)sc2n1.CNc1nc(-c2cccc(-c3ccccc3)c2)c2c(N)c(C(C)=O)sc2n1. The van der Waals surface area contributed by atoms with Crippen molar-refractivity contribution in [3.8, 4) is 78.7 Å². The van der Waals surface area contributed by atoms with E-state index < -0.39 is 0 Å². The van der Waals surface area contributed by atoms with Crippen LogP contribution in [0.2, 0.25) is 30.1 Å². The zero-order valence-corrected chi connectivity index (χ0v) is 83.5. The highest BCUT2D eigenvalue weighted by atomic mass is 35.5. The summed E-state index contributed by atoms with van der Waals surface area (Å²) in [7, 11) is 5.04. The summed E-state index contributed by atoms with van der Waals surface area (Å²) < 4.78 is 26.2. The number of nitrogen functional groups attached to an aromatic ring is 7. The van der Waals surface area contributed by atoms with Crippen molar-refractivity contribution in [3.05, 3.63) is 247 Å². The van der Waals surface area contributed by atoms with Gasteiger partial charge in [0, 0.05) is 90.1 Å². The lowest BCUT2D eigenvalue weighted by Crippen LogP contribution is -2.40. The third-order valence-electron chi connectivity index (χ3n) is 20.0. The Bertz CT molecular complexity index is 8040. The van der Waals surface area contributed by atoms with Gasteiger partial charge in [-0.05, 0) is 155 Å². The van der Waals surface area contributed by atoms with Crippen LogP contribution in [-0.4, -0.2) is 121 Å². The number of nitrogens with zero attached hydrogens (tertiary/aromatic N) is 12. The molecule has 0 aliphatic carbocycles. The molecule has 700 valence electrons. The van der Waals surface area contributed by atoms with Crippen LogP contribution in [0.1, 0.15) is 106 Å². The minimum Gasteiger partial charge on any atom is -0.397 e. The molecule has 0 aliphatic rings. The van der Waals surface area contributed by atoms with Crippen molar-refractivity contribution >= 4 is 287 Å². The topological polar surface area (TPSA) is 487 Å². The fraction of sp³-hybridized carbons (Fsp3) is 0.116. The number of amides is 2. The second-order valence-corrected chi connectivity index (χ2v) is 39.5. The van der Waals surface area contributed by atoms with Crippen molar-refractivity contribution in [2.45, 2.75) is 54.0 Å². The van der Waals surface area contributed by atoms with E-state index in [1.165, 1.54) is 116 Å². The molecule has 7 aromatic carbocycles. The van der Waals surface area contributed by atoms with Gasteiger partial charge in [-0.2, -0.15) is 0 Å². The third kappa shape index (κ3) is 22.5. The van der Waals surface area contributed by atoms with E-state index in [0.29, 0.717) is 157 Å². The van der Waals surface area contributed by atoms with Gasteiger partial charge in [-0.25, -0.2) is 68.6 Å². The zero-order valence-electron chi connectivity index (χ0n) is 74.1. The number of carbonyl (C=O) groups is 6. The molecule has 19 aromatic rings. The van der Waals surface area contributed by atoms with E-state index in [9.17, 15) is 37.5 Å². The number of benzene rings is 7. The highest BCUT2D eigenvalue weighted by Gasteiger charge is 2.28. The van der Waals surface area contributed by atoms with E-state index >= 15 is 0 Å². The lowest BCUT2D eigenvalue weighted by molar-refractivity contribution is 0.0920. The summed E-state index contributed by atoms with van der Waals surface area (Å²) in [5.41, 5.74) is 52.7. The second-order valence-electron chi connectivity index (χ2n) is 30.9. The van der Waals surface area contributed by atoms with Gasteiger partial charge in [0.1, 0.15) is 45.5 Å². The molecule has 0 fully saturated rings. The fourth-order valence-electron chi connectivity index (χ4n) is 13.7. The molecule has 12 heterocycles. The summed E-state index contributed by atoms with van der Waals surface area (Å²) in [6.07, 6.45) is 0. The van der Waals surface area contributed by atoms with Crippen molar-refractivity contribution in [2.75, 3.05) is 71.9 Å². The van der Waals surface area contributed by atoms with Crippen molar-refractivity contribution in [1.29, 1.82) is 0 Å². The van der Waals surface area contributed by atoms with Gasteiger partial charge in [-0.15, -0.1) is 68.0 Å². The number of halogens is 8. The Kier molecular flexibility index (Phi) is 30.8. The van der Waals surface area contributed by atoms with Crippen molar-refractivity contribution in [3.63, 3.8) is 0 Å². The number of fused-ring (bicyclic) bond motifs is 6. The number of carbonyl (C=O) groups excluding carboxylic acids is 6. The van der Waals surface area contributed by atoms with Gasteiger partial charge in [-0.3, -0.25) is 28.8 Å². The molecule has 43 heteroatoms. The first kappa shape index (κ1) is 100. The molecule has 19 rings (SSSR count). The molecule has 0 atom stereocenters. The van der Waals surface area contributed by atoms with Crippen LogP contribution in [0.3, 0.4) is 0 Å². The molecule has 18 N–H and O–H groups in total. The van der Waals surface area contributed by atoms with Gasteiger partial charge < -0.3 is 61.4 Å². The first-order valence-corrected chi connectivity index (χ1v) is 48.1. The predicted octanol–water partition coefficient (Wildman–Crippen LogP) is 23.9. The summed E-state index contributed by atoms with van der Waals surface area (Å²) in [6, 6.07) is 51.1. The van der Waals surface area contributed by atoms with Gasteiger partial charge in [0.05, 0.1) is 122 Å². The van der Waals surface area contributed by atoms with E-state index in [1.807, 2.05) is 69.3 Å². The largest absolute Gasteiger partial charge is 0.397 e. The third-order valence-corrected chi connectivity index (χ3v) is 29.0. The lowest BCUT2D eigenvalue weighted by Gasteiger charge is -2.19. The molecule has 0 saturated carbocycles. The number of nitrogens with two attached hydrogens (primary N) is 7. The number of aromatic nitrogens is 12. The molecule has 0 bridgehead atoms. The van der Waals surface area contributed by atoms with E-state index in [4.69, 9.17) is 110 Å². The maximum atomic E-state index is 13.1. The molecule has 2 amide bonds. The van der Waals surface area contributed by atoms with Crippen LogP contribution in [0.15, 0.2) is 176 Å². The van der Waals surface area contributed by atoms with Crippen LogP contribution in [0, 0.1) is 11.6 Å². The molecular formula is C95H77Cl6F2N23O6S6. The molecule has 138 heavy (non-hydrogen) atoms. The summed E-state index contributed by atoms with van der Waals surface area (Å²) in [5, 5.41) is 18.3. The molecule has 0 saturated heterocycles. The van der Waals surface area contributed by atoms with Gasteiger partial charge >= 0.3 is 0 Å². The first-order valence-electron chi connectivity index (χ1n) is 40.9. The number of thiophene rings is 6. The molecule has 0 radical (unpaired) electrons. The van der Waals surface area contributed by atoms with Gasteiger partial charge in [0.25, 0.3) is 11.8 Å². The predicted molar refractivity (Wildman–Crippen MR) is 563 cm³/mol. The van der Waals surface area contributed by atoms with Crippen LogP contribution in [0.25, 0.3) is 140 Å². The number of ketones is 4. The van der Waals surface area contributed by atoms with Crippen LogP contribution < -0.4 is 61.4 Å². The number of Topliss-reactive ketones (excluding diaryl/α,β-unsaturated/α-hetero) is 4. The van der Waals surface area contributed by atoms with Crippen molar-refractivity contribution in [1.82, 2.24) is 70.4 Å². The van der Waals surface area contributed by atoms with E-state index in [1.54, 1.807) is 93.0 Å². The minimum absolute atomic E-state index is 0.00842. The monoisotopic (exact) mass is 2080 g/mol. The Hall–Kier alpha value is -13.8. The van der Waals surface area contributed by atoms with Crippen LogP contribution in [0.5, 0.6) is 0 Å². The summed E-state index contributed by atoms with van der Waals surface area (Å²) in [6.45, 7) is 11.8. The molecule has 0 unspecified atom stereocenters. The Morgan fingerprint density at radius 3 is 1.01 bits per heavy atom. The Balaban J connectivity index is 0.000000132. The van der Waals surface area contributed by atoms with E-state index in [0.717, 1.165) is 82.5 Å². The molecule has 29 nitrogen and oxygen atoms in total. The minimum atomic E-state index is -0.355.